The number of carbonyl (C=O) groups excluding carboxylic acids is 3. The predicted molar refractivity (Wildman–Crippen MR) is 129 cm³/mol. The van der Waals surface area contributed by atoms with Crippen molar-refractivity contribution in [3.8, 4) is 11.5 Å². The summed E-state index contributed by atoms with van der Waals surface area (Å²) in [7, 11) is 4.81. The molecule has 8 heteroatoms. The summed E-state index contributed by atoms with van der Waals surface area (Å²) < 4.78 is 10.9. The summed E-state index contributed by atoms with van der Waals surface area (Å²) in [5.74, 6) is 0.0840. The second kappa shape index (κ2) is 11.5. The van der Waals surface area contributed by atoms with Gasteiger partial charge in [-0.3, -0.25) is 14.4 Å². The van der Waals surface area contributed by atoms with E-state index < -0.39 is 0 Å². The first-order valence-corrected chi connectivity index (χ1v) is 10.6. The van der Waals surface area contributed by atoms with Crippen LogP contribution in [-0.4, -0.2) is 50.4 Å². The van der Waals surface area contributed by atoms with Gasteiger partial charge in [-0.2, -0.15) is 0 Å². The number of hydrogen-bond acceptors (Lipinski definition) is 5. The first-order chi connectivity index (χ1) is 16.4. The summed E-state index contributed by atoms with van der Waals surface area (Å²) in [6.07, 6.45) is 0. The largest absolute Gasteiger partial charge is 0.493 e. The lowest BCUT2D eigenvalue weighted by atomic mass is 10.1. The van der Waals surface area contributed by atoms with Crippen molar-refractivity contribution in [2.75, 3.05) is 33.1 Å². The molecule has 0 heterocycles. The summed E-state index contributed by atoms with van der Waals surface area (Å²) in [5, 5.41) is 5.65. The number of likely N-dealkylation sites (N-methyl/N-ethyl adjacent to an activating group) is 1. The van der Waals surface area contributed by atoms with Crippen LogP contribution in [0.1, 0.15) is 26.3 Å². The molecule has 34 heavy (non-hydrogen) atoms. The SMILES string of the molecule is COc1cc(CNC(=O)c2ccccc2NC(=O)c2ccccc2)ccc1OCC(=O)N(C)C. The second-order valence-electron chi connectivity index (χ2n) is 7.61. The van der Waals surface area contributed by atoms with Gasteiger partial charge in [-0.25, -0.2) is 0 Å². The summed E-state index contributed by atoms with van der Waals surface area (Å²) in [6.45, 7) is 0.123. The van der Waals surface area contributed by atoms with Crippen molar-refractivity contribution in [2.24, 2.45) is 0 Å². The van der Waals surface area contributed by atoms with Crippen LogP contribution in [0.3, 0.4) is 0 Å². The van der Waals surface area contributed by atoms with E-state index in [0.29, 0.717) is 28.3 Å². The zero-order chi connectivity index (χ0) is 24.5. The van der Waals surface area contributed by atoms with E-state index in [0.717, 1.165) is 5.56 Å². The molecule has 0 aliphatic rings. The van der Waals surface area contributed by atoms with Gasteiger partial charge in [-0.15, -0.1) is 0 Å². The number of nitrogens with zero attached hydrogens (tertiary/aromatic N) is 1. The maximum atomic E-state index is 12.9. The molecular weight excluding hydrogens is 434 g/mol. The van der Waals surface area contributed by atoms with Crippen LogP contribution in [0, 0.1) is 0 Å². The van der Waals surface area contributed by atoms with Crippen LogP contribution in [0.15, 0.2) is 72.8 Å². The van der Waals surface area contributed by atoms with Crippen LogP contribution < -0.4 is 20.1 Å². The summed E-state index contributed by atoms with van der Waals surface area (Å²) >= 11 is 0. The highest BCUT2D eigenvalue weighted by atomic mass is 16.5. The molecule has 0 atom stereocenters. The van der Waals surface area contributed by atoms with E-state index >= 15 is 0 Å². The second-order valence-corrected chi connectivity index (χ2v) is 7.61. The molecule has 0 unspecified atom stereocenters. The Bertz CT molecular complexity index is 1160. The first-order valence-electron chi connectivity index (χ1n) is 10.6. The predicted octanol–water partition coefficient (Wildman–Crippen LogP) is 3.34. The van der Waals surface area contributed by atoms with Gasteiger partial charge < -0.3 is 25.0 Å². The average molecular weight is 462 g/mol. The van der Waals surface area contributed by atoms with Crippen molar-refractivity contribution in [1.29, 1.82) is 0 Å². The van der Waals surface area contributed by atoms with Gasteiger partial charge in [-0.05, 0) is 42.0 Å². The number of benzene rings is 3. The number of amides is 3. The number of ether oxygens (including phenoxy) is 2. The summed E-state index contributed by atoms with van der Waals surface area (Å²) in [5.41, 5.74) is 2.04. The van der Waals surface area contributed by atoms with E-state index in [1.165, 1.54) is 12.0 Å². The zero-order valence-electron chi connectivity index (χ0n) is 19.3. The van der Waals surface area contributed by atoms with Crippen molar-refractivity contribution < 1.29 is 23.9 Å². The lowest BCUT2D eigenvalue weighted by Crippen LogP contribution is -2.27. The zero-order valence-corrected chi connectivity index (χ0v) is 19.3. The van der Waals surface area contributed by atoms with Crippen LogP contribution in [0.4, 0.5) is 5.69 Å². The standard InChI is InChI=1S/C26H27N3O5/c1-29(2)24(30)17-34-22-14-13-18(15-23(22)33-3)16-27-26(32)20-11-7-8-12-21(20)28-25(31)19-9-5-4-6-10-19/h4-15H,16-17H2,1-3H3,(H,27,32)(H,28,31). The number of carbonyl (C=O) groups is 3. The molecule has 0 spiro atoms. The van der Waals surface area contributed by atoms with Gasteiger partial charge in [0.25, 0.3) is 17.7 Å². The molecular formula is C26H27N3O5. The van der Waals surface area contributed by atoms with Crippen LogP contribution >= 0.6 is 0 Å². The summed E-state index contributed by atoms with van der Waals surface area (Å²) in [6, 6.07) is 20.8. The smallest absolute Gasteiger partial charge is 0.259 e. The monoisotopic (exact) mass is 461 g/mol. The Morgan fingerprint density at radius 2 is 1.56 bits per heavy atom. The molecule has 0 aliphatic heterocycles. The highest BCUT2D eigenvalue weighted by molar-refractivity contribution is 6.08. The first kappa shape index (κ1) is 24.3. The molecule has 8 nitrogen and oxygen atoms in total. The molecule has 0 saturated carbocycles. The van der Waals surface area contributed by atoms with E-state index in [4.69, 9.17) is 9.47 Å². The lowest BCUT2D eigenvalue weighted by Gasteiger charge is -2.15. The fourth-order valence-corrected chi connectivity index (χ4v) is 3.06. The molecule has 2 N–H and O–H groups in total. The Labute approximate surface area is 198 Å². The highest BCUT2D eigenvalue weighted by Crippen LogP contribution is 2.28. The quantitative estimate of drug-likeness (QED) is 0.510. The van der Waals surface area contributed by atoms with E-state index in [9.17, 15) is 14.4 Å². The van der Waals surface area contributed by atoms with Crippen molar-refractivity contribution in [1.82, 2.24) is 10.2 Å². The molecule has 3 rings (SSSR count). The number of para-hydroxylation sites is 1. The Morgan fingerprint density at radius 1 is 0.853 bits per heavy atom. The van der Waals surface area contributed by atoms with Gasteiger partial charge in [0.1, 0.15) is 0 Å². The third-order valence-electron chi connectivity index (χ3n) is 4.99. The molecule has 0 bridgehead atoms. The molecule has 0 fully saturated rings. The fraction of sp³-hybridized carbons (Fsp3) is 0.192. The molecule has 0 aliphatic carbocycles. The summed E-state index contributed by atoms with van der Waals surface area (Å²) in [4.78, 5) is 38.6. The molecule has 0 radical (unpaired) electrons. The van der Waals surface area contributed by atoms with Crippen LogP contribution in [0.25, 0.3) is 0 Å². The van der Waals surface area contributed by atoms with Gasteiger partial charge in [0.05, 0.1) is 18.4 Å². The fourth-order valence-electron chi connectivity index (χ4n) is 3.06. The third-order valence-corrected chi connectivity index (χ3v) is 4.99. The maximum Gasteiger partial charge on any atom is 0.259 e. The van der Waals surface area contributed by atoms with Crippen LogP contribution in [0.2, 0.25) is 0 Å². The number of methoxy groups -OCH3 is 1. The van der Waals surface area contributed by atoms with E-state index in [-0.39, 0.29) is 30.9 Å². The molecule has 0 saturated heterocycles. The normalized spacial score (nSPS) is 10.2. The van der Waals surface area contributed by atoms with Crippen molar-refractivity contribution >= 4 is 23.4 Å². The van der Waals surface area contributed by atoms with Crippen LogP contribution in [-0.2, 0) is 11.3 Å². The van der Waals surface area contributed by atoms with Gasteiger partial charge in [-0.1, -0.05) is 36.4 Å². The van der Waals surface area contributed by atoms with Crippen LogP contribution in [0.5, 0.6) is 11.5 Å². The van der Waals surface area contributed by atoms with Crippen molar-refractivity contribution in [3.05, 3.63) is 89.5 Å². The lowest BCUT2D eigenvalue weighted by molar-refractivity contribution is -0.130. The van der Waals surface area contributed by atoms with E-state index in [1.807, 2.05) is 6.07 Å². The number of rotatable bonds is 9. The molecule has 0 aromatic heterocycles. The Kier molecular flexibility index (Phi) is 8.23. The highest BCUT2D eigenvalue weighted by Gasteiger charge is 2.15. The number of hydrogen-bond donors (Lipinski definition) is 2. The minimum Gasteiger partial charge on any atom is -0.493 e. The van der Waals surface area contributed by atoms with E-state index in [1.54, 1.807) is 80.8 Å². The molecule has 3 aromatic carbocycles. The Hall–Kier alpha value is -4.33. The molecule has 3 amide bonds. The van der Waals surface area contributed by atoms with Gasteiger partial charge >= 0.3 is 0 Å². The third kappa shape index (κ3) is 6.35. The Morgan fingerprint density at radius 3 is 2.26 bits per heavy atom. The van der Waals surface area contributed by atoms with Crippen molar-refractivity contribution in [3.63, 3.8) is 0 Å². The van der Waals surface area contributed by atoms with Gasteiger partial charge in [0, 0.05) is 26.2 Å². The maximum absolute atomic E-state index is 12.9. The van der Waals surface area contributed by atoms with Gasteiger partial charge in [0.15, 0.2) is 18.1 Å². The minimum absolute atomic E-state index is 0.106. The topological polar surface area (TPSA) is 97.0 Å². The minimum atomic E-state index is -0.333. The van der Waals surface area contributed by atoms with Crippen molar-refractivity contribution in [2.45, 2.75) is 6.54 Å². The Balaban J connectivity index is 1.65. The van der Waals surface area contributed by atoms with E-state index in [2.05, 4.69) is 10.6 Å². The number of anilines is 1. The molecule has 3 aromatic rings. The average Bonchev–Trinajstić information content (AvgIpc) is 2.86. The van der Waals surface area contributed by atoms with Gasteiger partial charge in [0.2, 0.25) is 0 Å². The molecule has 176 valence electrons. The number of nitrogens with one attached hydrogen (secondary N) is 2.